The van der Waals surface area contributed by atoms with Crippen LogP contribution in [0.15, 0.2) is 24.3 Å². The van der Waals surface area contributed by atoms with Gasteiger partial charge in [0.15, 0.2) is 0 Å². The summed E-state index contributed by atoms with van der Waals surface area (Å²) in [4.78, 5) is 26.2. The summed E-state index contributed by atoms with van der Waals surface area (Å²) in [6, 6.07) is 8.83. The number of rotatable bonds is 2. The number of ether oxygens (including phenoxy) is 1. The lowest BCUT2D eigenvalue weighted by Gasteiger charge is -2.46. The number of carbonyl (C=O) groups is 2. The predicted octanol–water partition coefficient (Wildman–Crippen LogP) is 3.22. The van der Waals surface area contributed by atoms with Gasteiger partial charge in [-0.1, -0.05) is 36.8 Å². The molecule has 1 amide bonds. The Morgan fingerprint density at radius 1 is 1.16 bits per heavy atom. The minimum absolute atomic E-state index is 0.0242. The zero-order valence-corrected chi connectivity index (χ0v) is 15.2. The molecule has 2 heterocycles. The van der Waals surface area contributed by atoms with Gasteiger partial charge in [-0.05, 0) is 43.6 Å². The fourth-order valence-electron chi connectivity index (χ4n) is 4.79. The molecule has 2 saturated heterocycles. The van der Waals surface area contributed by atoms with Crippen molar-refractivity contribution >= 4 is 11.9 Å². The number of cyclic esters (lactones) is 1. The second-order valence-corrected chi connectivity index (χ2v) is 8.69. The van der Waals surface area contributed by atoms with Crippen molar-refractivity contribution in [1.82, 2.24) is 4.90 Å². The monoisotopic (exact) mass is 341 g/mol. The molecule has 1 spiro atoms. The Morgan fingerprint density at radius 3 is 2.36 bits per heavy atom. The quantitative estimate of drug-likeness (QED) is 0.776. The van der Waals surface area contributed by atoms with Gasteiger partial charge in [0.25, 0.3) is 0 Å². The molecule has 0 radical (unpaired) electrons. The van der Waals surface area contributed by atoms with Crippen molar-refractivity contribution in [2.75, 3.05) is 19.7 Å². The Balaban J connectivity index is 1.34. The molecule has 0 atom stereocenters. The lowest BCUT2D eigenvalue weighted by Crippen LogP contribution is -2.51. The van der Waals surface area contributed by atoms with E-state index in [1.54, 1.807) is 0 Å². The molecule has 0 N–H and O–H groups in total. The Kier molecular flexibility index (Phi) is 3.89. The molecule has 134 valence electrons. The Labute approximate surface area is 149 Å². The number of piperidine rings is 1. The maximum Gasteiger partial charge on any atom is 0.306 e. The van der Waals surface area contributed by atoms with Crippen molar-refractivity contribution in [3.8, 4) is 0 Å². The summed E-state index contributed by atoms with van der Waals surface area (Å²) in [6.07, 6.45) is 4.18. The first kappa shape index (κ1) is 16.6. The first-order chi connectivity index (χ1) is 11.9. The highest BCUT2D eigenvalue weighted by molar-refractivity contribution is 5.81. The maximum absolute atomic E-state index is 12.8. The molecule has 4 nitrogen and oxygen atoms in total. The molecule has 2 aliphatic heterocycles. The van der Waals surface area contributed by atoms with Gasteiger partial charge >= 0.3 is 5.97 Å². The van der Waals surface area contributed by atoms with Crippen LogP contribution in [0.25, 0.3) is 0 Å². The Bertz CT molecular complexity index is 680. The van der Waals surface area contributed by atoms with Crippen LogP contribution >= 0.6 is 0 Å². The third kappa shape index (κ3) is 2.96. The molecular formula is C21H27NO3. The summed E-state index contributed by atoms with van der Waals surface area (Å²) in [5.74, 6) is 0.284. The van der Waals surface area contributed by atoms with Gasteiger partial charge in [0.05, 0.1) is 13.0 Å². The second-order valence-electron chi connectivity index (χ2n) is 8.69. The van der Waals surface area contributed by atoms with E-state index in [2.05, 4.69) is 38.1 Å². The normalized spacial score (nSPS) is 30.9. The smallest absolute Gasteiger partial charge is 0.306 e. The van der Waals surface area contributed by atoms with Gasteiger partial charge in [0.1, 0.15) is 0 Å². The molecule has 3 aliphatic rings. The molecule has 1 aromatic carbocycles. The van der Waals surface area contributed by atoms with Crippen LogP contribution in [0.1, 0.15) is 50.2 Å². The van der Waals surface area contributed by atoms with Gasteiger partial charge in [-0.25, -0.2) is 0 Å². The molecular weight excluding hydrogens is 314 g/mol. The van der Waals surface area contributed by atoms with Gasteiger partial charge in [-0.15, -0.1) is 0 Å². The number of hydrogen-bond donors (Lipinski definition) is 0. The van der Waals surface area contributed by atoms with Crippen LogP contribution in [-0.2, 0) is 19.7 Å². The van der Waals surface area contributed by atoms with Crippen LogP contribution in [-0.4, -0.2) is 36.5 Å². The van der Waals surface area contributed by atoms with Crippen LogP contribution in [0.5, 0.6) is 0 Å². The van der Waals surface area contributed by atoms with E-state index in [9.17, 15) is 9.59 Å². The molecule has 1 saturated carbocycles. The number of amides is 1. The number of hydrogen-bond acceptors (Lipinski definition) is 3. The van der Waals surface area contributed by atoms with Crippen LogP contribution in [0, 0.1) is 18.3 Å². The predicted molar refractivity (Wildman–Crippen MR) is 95.1 cm³/mol. The van der Waals surface area contributed by atoms with Gasteiger partial charge in [-0.2, -0.15) is 0 Å². The number of nitrogens with zero attached hydrogens (tertiary/aromatic N) is 1. The summed E-state index contributed by atoms with van der Waals surface area (Å²) in [6.45, 7) is 6.62. The SMILES string of the molecule is Cc1ccc(C2(C)CCN(C(=O)C3CC4(COC(=O)C4)C3)CC2)cc1. The highest BCUT2D eigenvalue weighted by atomic mass is 16.5. The third-order valence-electron chi connectivity index (χ3n) is 6.69. The zero-order chi connectivity index (χ0) is 17.7. The molecule has 1 aliphatic carbocycles. The van der Waals surface area contributed by atoms with Crippen LogP contribution in [0.2, 0.25) is 0 Å². The van der Waals surface area contributed by atoms with E-state index in [0.717, 1.165) is 38.8 Å². The molecule has 3 fully saturated rings. The minimum atomic E-state index is -0.0993. The average molecular weight is 341 g/mol. The Morgan fingerprint density at radius 2 is 1.80 bits per heavy atom. The summed E-state index contributed by atoms with van der Waals surface area (Å²) in [5, 5.41) is 0. The lowest BCUT2D eigenvalue weighted by molar-refractivity contribution is -0.145. The largest absolute Gasteiger partial charge is 0.465 e. The molecule has 0 aromatic heterocycles. The van der Waals surface area contributed by atoms with E-state index < -0.39 is 0 Å². The van der Waals surface area contributed by atoms with Gasteiger partial charge < -0.3 is 9.64 Å². The molecule has 0 unspecified atom stereocenters. The first-order valence-electron chi connectivity index (χ1n) is 9.41. The van der Waals surface area contributed by atoms with Gasteiger partial charge in [0.2, 0.25) is 5.91 Å². The topological polar surface area (TPSA) is 46.6 Å². The lowest BCUT2D eigenvalue weighted by atomic mass is 9.61. The van der Waals surface area contributed by atoms with Crippen LogP contribution < -0.4 is 0 Å². The molecule has 4 rings (SSSR count). The summed E-state index contributed by atoms with van der Waals surface area (Å²) < 4.78 is 5.10. The number of esters is 1. The second kappa shape index (κ2) is 5.86. The molecule has 1 aromatic rings. The third-order valence-corrected chi connectivity index (χ3v) is 6.69. The van der Waals surface area contributed by atoms with E-state index in [-0.39, 0.29) is 28.6 Å². The Hall–Kier alpha value is -1.84. The average Bonchev–Trinajstić information content (AvgIpc) is 2.96. The van der Waals surface area contributed by atoms with E-state index in [0.29, 0.717) is 13.0 Å². The van der Waals surface area contributed by atoms with Gasteiger partial charge in [-0.3, -0.25) is 9.59 Å². The fourth-order valence-corrected chi connectivity index (χ4v) is 4.79. The van der Waals surface area contributed by atoms with Crippen molar-refractivity contribution in [3.05, 3.63) is 35.4 Å². The van der Waals surface area contributed by atoms with E-state index in [1.807, 2.05) is 4.90 Å². The van der Waals surface area contributed by atoms with Crippen LogP contribution in [0.4, 0.5) is 0 Å². The van der Waals surface area contributed by atoms with E-state index >= 15 is 0 Å². The summed E-state index contributed by atoms with van der Waals surface area (Å²) in [7, 11) is 0. The molecule has 4 heteroatoms. The number of aryl methyl sites for hydroxylation is 1. The zero-order valence-electron chi connectivity index (χ0n) is 15.2. The highest BCUT2D eigenvalue weighted by Gasteiger charge is 2.53. The van der Waals surface area contributed by atoms with Gasteiger partial charge in [0, 0.05) is 24.4 Å². The van der Waals surface area contributed by atoms with Crippen molar-refractivity contribution in [3.63, 3.8) is 0 Å². The molecule has 0 bridgehead atoms. The van der Waals surface area contributed by atoms with Crippen molar-refractivity contribution in [2.45, 2.75) is 51.4 Å². The summed E-state index contributed by atoms with van der Waals surface area (Å²) in [5.41, 5.74) is 2.81. The number of carbonyl (C=O) groups excluding carboxylic acids is 2. The van der Waals surface area contributed by atoms with E-state index in [1.165, 1.54) is 11.1 Å². The fraction of sp³-hybridized carbons (Fsp3) is 0.619. The van der Waals surface area contributed by atoms with Crippen molar-refractivity contribution in [1.29, 1.82) is 0 Å². The van der Waals surface area contributed by atoms with E-state index in [4.69, 9.17) is 4.74 Å². The van der Waals surface area contributed by atoms with Crippen LogP contribution in [0.3, 0.4) is 0 Å². The number of benzene rings is 1. The standard InChI is InChI=1S/C21H27NO3/c1-15-3-5-17(6-4-15)20(2)7-9-22(10-8-20)19(24)16-11-21(12-16)13-18(23)25-14-21/h3-6,16H,7-14H2,1-2H3. The highest BCUT2D eigenvalue weighted by Crippen LogP contribution is 2.52. The minimum Gasteiger partial charge on any atom is -0.465 e. The summed E-state index contributed by atoms with van der Waals surface area (Å²) >= 11 is 0. The maximum atomic E-state index is 12.8. The van der Waals surface area contributed by atoms with Crippen molar-refractivity contribution < 1.29 is 14.3 Å². The van der Waals surface area contributed by atoms with Crippen molar-refractivity contribution in [2.24, 2.45) is 11.3 Å². The molecule has 25 heavy (non-hydrogen) atoms. The number of likely N-dealkylation sites (tertiary alicyclic amines) is 1. The first-order valence-corrected chi connectivity index (χ1v) is 9.41.